The number of unbranched alkanes of at least 4 members (excludes halogenated alkanes) is 1. The monoisotopic (exact) mass is 285 g/mol. The van der Waals surface area contributed by atoms with E-state index in [4.69, 9.17) is 4.74 Å². The third kappa shape index (κ3) is 3.02. The van der Waals surface area contributed by atoms with Crippen LogP contribution in [-0.4, -0.2) is 17.8 Å². The summed E-state index contributed by atoms with van der Waals surface area (Å²) in [7, 11) is 1.43. The number of benzene rings is 1. The van der Waals surface area contributed by atoms with Crippen LogP contribution in [0.1, 0.15) is 37.9 Å². The van der Waals surface area contributed by atoms with E-state index in [1.54, 1.807) is 4.57 Å². The Bertz CT molecular complexity index is 667. The molecule has 0 spiro atoms. The van der Waals surface area contributed by atoms with Gasteiger partial charge in [-0.3, -0.25) is 0 Å². The lowest BCUT2D eigenvalue weighted by molar-refractivity contribution is 0.173. The molecule has 0 N–H and O–H groups in total. The fourth-order valence-electron chi connectivity index (χ4n) is 2.77. The van der Waals surface area contributed by atoms with E-state index in [0.717, 1.165) is 47.9 Å². The van der Waals surface area contributed by atoms with Crippen LogP contribution in [0.15, 0.2) is 36.4 Å². The molecular weight excluding hydrogens is 262 g/mol. The van der Waals surface area contributed by atoms with Gasteiger partial charge in [-0.25, -0.2) is 9.36 Å². The fraction of sp³-hybridized carbons (Fsp3) is 0.389. The number of methoxy groups -OCH3 is 1. The van der Waals surface area contributed by atoms with Crippen LogP contribution < -0.4 is 0 Å². The molecule has 1 heterocycles. The van der Waals surface area contributed by atoms with Gasteiger partial charge in [0.25, 0.3) is 0 Å². The van der Waals surface area contributed by atoms with Gasteiger partial charge in [-0.2, -0.15) is 0 Å². The highest BCUT2D eigenvalue weighted by Gasteiger charge is 2.20. The number of fused-ring (bicyclic) bond motifs is 1. The van der Waals surface area contributed by atoms with E-state index >= 15 is 0 Å². The Kier molecular flexibility index (Phi) is 4.84. The van der Waals surface area contributed by atoms with Gasteiger partial charge in [0.2, 0.25) is 0 Å². The van der Waals surface area contributed by atoms with Gasteiger partial charge in [0.05, 0.1) is 12.6 Å². The third-order valence-corrected chi connectivity index (χ3v) is 3.69. The molecule has 112 valence electrons. The van der Waals surface area contributed by atoms with Crippen LogP contribution in [-0.2, 0) is 17.6 Å². The maximum Gasteiger partial charge on any atom is 0.418 e. The number of allylic oxidation sites excluding steroid dienone is 1. The summed E-state index contributed by atoms with van der Waals surface area (Å²) in [4.78, 5) is 12.2. The molecular formula is C18H23NO2. The number of carbonyl (C=O) groups is 1. The van der Waals surface area contributed by atoms with Crippen LogP contribution in [0.4, 0.5) is 4.79 Å². The van der Waals surface area contributed by atoms with Gasteiger partial charge in [0, 0.05) is 11.1 Å². The number of hydrogen-bond acceptors (Lipinski definition) is 2. The summed E-state index contributed by atoms with van der Waals surface area (Å²) in [6.45, 7) is 8.21. The van der Waals surface area contributed by atoms with Gasteiger partial charge >= 0.3 is 6.09 Å². The van der Waals surface area contributed by atoms with Crippen molar-refractivity contribution in [3.8, 4) is 0 Å². The first-order valence-electron chi connectivity index (χ1n) is 7.44. The maximum absolute atomic E-state index is 12.2. The van der Waals surface area contributed by atoms with E-state index in [0.29, 0.717) is 0 Å². The van der Waals surface area contributed by atoms with Gasteiger partial charge in [-0.1, -0.05) is 43.7 Å². The Morgan fingerprint density at radius 1 is 1.33 bits per heavy atom. The zero-order chi connectivity index (χ0) is 15.4. The smallest absolute Gasteiger partial charge is 0.418 e. The third-order valence-electron chi connectivity index (χ3n) is 3.69. The van der Waals surface area contributed by atoms with E-state index in [9.17, 15) is 4.79 Å². The van der Waals surface area contributed by atoms with Crippen LogP contribution in [0.25, 0.3) is 10.9 Å². The van der Waals surface area contributed by atoms with Crippen LogP contribution in [0.2, 0.25) is 0 Å². The summed E-state index contributed by atoms with van der Waals surface area (Å²) in [6.07, 6.45) is 3.50. The lowest BCUT2D eigenvalue weighted by Crippen LogP contribution is -2.15. The highest BCUT2D eigenvalue weighted by molar-refractivity contribution is 5.93. The quantitative estimate of drug-likeness (QED) is 0.744. The number of ether oxygens (including phenoxy) is 1. The van der Waals surface area contributed by atoms with Gasteiger partial charge in [-0.05, 0) is 37.8 Å². The normalized spacial score (nSPS) is 10.8. The molecule has 0 saturated carbocycles. The largest absolute Gasteiger partial charge is 0.452 e. The predicted octanol–water partition coefficient (Wildman–Crippen LogP) is 4.72. The lowest BCUT2D eigenvalue weighted by Gasteiger charge is -2.09. The molecule has 2 rings (SSSR count). The van der Waals surface area contributed by atoms with Crippen molar-refractivity contribution in [3.63, 3.8) is 0 Å². The summed E-state index contributed by atoms with van der Waals surface area (Å²) >= 11 is 0. The Hall–Kier alpha value is -2.03. The Labute approximate surface area is 126 Å². The first kappa shape index (κ1) is 15.4. The topological polar surface area (TPSA) is 31.2 Å². The number of para-hydroxylation sites is 1. The van der Waals surface area contributed by atoms with Crippen molar-refractivity contribution in [2.24, 2.45) is 0 Å². The molecule has 0 aliphatic rings. The maximum atomic E-state index is 12.2. The molecule has 0 aliphatic heterocycles. The Morgan fingerprint density at radius 2 is 2.05 bits per heavy atom. The Morgan fingerprint density at radius 3 is 2.67 bits per heavy atom. The van der Waals surface area contributed by atoms with Crippen LogP contribution in [0.5, 0.6) is 0 Å². The Balaban J connectivity index is 2.70. The van der Waals surface area contributed by atoms with E-state index in [-0.39, 0.29) is 6.09 Å². The molecule has 0 atom stereocenters. The van der Waals surface area contributed by atoms with Crippen molar-refractivity contribution in [3.05, 3.63) is 47.7 Å². The predicted molar refractivity (Wildman–Crippen MR) is 86.9 cm³/mol. The molecule has 0 fully saturated rings. The van der Waals surface area contributed by atoms with E-state index < -0.39 is 0 Å². The number of hydrogen-bond donors (Lipinski definition) is 0. The van der Waals surface area contributed by atoms with Crippen molar-refractivity contribution in [1.29, 1.82) is 0 Å². The van der Waals surface area contributed by atoms with Gasteiger partial charge in [0.15, 0.2) is 0 Å². The molecule has 1 aromatic carbocycles. The average Bonchev–Trinajstić information content (AvgIpc) is 2.78. The molecule has 0 radical (unpaired) electrons. The van der Waals surface area contributed by atoms with Crippen molar-refractivity contribution < 1.29 is 9.53 Å². The number of nitrogens with zero attached hydrogens (tertiary/aromatic N) is 1. The fourth-order valence-corrected chi connectivity index (χ4v) is 2.77. The minimum absolute atomic E-state index is 0.315. The summed E-state index contributed by atoms with van der Waals surface area (Å²) < 4.78 is 6.71. The number of carbonyl (C=O) groups excluding carboxylic acids is 1. The number of rotatable bonds is 5. The minimum atomic E-state index is -0.315. The molecule has 0 saturated heterocycles. The average molecular weight is 285 g/mol. The molecule has 3 heteroatoms. The molecule has 21 heavy (non-hydrogen) atoms. The second-order valence-corrected chi connectivity index (χ2v) is 5.49. The zero-order valence-electron chi connectivity index (χ0n) is 13.1. The molecule has 3 nitrogen and oxygen atoms in total. The molecule has 0 amide bonds. The number of aromatic nitrogens is 1. The highest BCUT2D eigenvalue weighted by Crippen LogP contribution is 2.29. The SMILES string of the molecule is C=C(C)Cc1c(CCCC)n(C(=O)OC)c2ccccc12. The second kappa shape index (κ2) is 6.61. The summed E-state index contributed by atoms with van der Waals surface area (Å²) in [5.41, 5.74) is 4.29. The lowest BCUT2D eigenvalue weighted by atomic mass is 10.0. The molecule has 2 aromatic rings. The van der Waals surface area contributed by atoms with Crippen molar-refractivity contribution in [1.82, 2.24) is 4.57 Å². The van der Waals surface area contributed by atoms with Gasteiger partial charge < -0.3 is 4.74 Å². The highest BCUT2D eigenvalue weighted by atomic mass is 16.5. The first-order valence-corrected chi connectivity index (χ1v) is 7.44. The van der Waals surface area contributed by atoms with Crippen molar-refractivity contribution >= 4 is 17.0 Å². The van der Waals surface area contributed by atoms with Gasteiger partial charge in [-0.15, -0.1) is 0 Å². The van der Waals surface area contributed by atoms with E-state index in [1.165, 1.54) is 12.7 Å². The summed E-state index contributed by atoms with van der Waals surface area (Å²) in [5.74, 6) is 0. The zero-order valence-corrected chi connectivity index (χ0v) is 13.1. The van der Waals surface area contributed by atoms with Crippen molar-refractivity contribution in [2.45, 2.75) is 39.5 Å². The molecule has 1 aromatic heterocycles. The second-order valence-electron chi connectivity index (χ2n) is 5.49. The molecule has 0 aliphatic carbocycles. The summed E-state index contributed by atoms with van der Waals surface area (Å²) in [6, 6.07) is 8.01. The molecule has 0 bridgehead atoms. The first-order chi connectivity index (χ1) is 10.1. The summed E-state index contributed by atoms with van der Waals surface area (Å²) in [5, 5.41) is 1.12. The minimum Gasteiger partial charge on any atom is -0.452 e. The van der Waals surface area contributed by atoms with E-state index in [1.807, 2.05) is 25.1 Å². The van der Waals surface area contributed by atoms with Crippen molar-refractivity contribution in [2.75, 3.05) is 7.11 Å². The van der Waals surface area contributed by atoms with Crippen LogP contribution in [0, 0.1) is 0 Å². The van der Waals surface area contributed by atoms with E-state index in [2.05, 4.69) is 19.6 Å². The van der Waals surface area contributed by atoms with Crippen LogP contribution in [0.3, 0.4) is 0 Å². The van der Waals surface area contributed by atoms with Gasteiger partial charge in [0.1, 0.15) is 0 Å². The van der Waals surface area contributed by atoms with Crippen LogP contribution >= 0.6 is 0 Å². The molecule has 0 unspecified atom stereocenters. The standard InChI is InChI=1S/C18H23NO2/c1-5-6-10-17-15(12-13(2)3)14-9-7-8-11-16(14)19(17)18(20)21-4/h7-9,11H,2,5-6,10,12H2,1,3-4H3.